The molecule has 10 heteroatoms. The maximum atomic E-state index is 14.0. The Hall–Kier alpha value is -3.44. The molecule has 1 aliphatic rings. The molecule has 0 saturated carbocycles. The van der Waals surface area contributed by atoms with Crippen molar-refractivity contribution in [1.82, 2.24) is 0 Å². The van der Waals surface area contributed by atoms with Gasteiger partial charge >= 0.3 is 0 Å². The fourth-order valence-corrected chi connectivity index (χ4v) is 6.22. The number of nitrogens with zero attached hydrogens (tertiary/aromatic N) is 2. The van der Waals surface area contributed by atoms with Crippen molar-refractivity contribution in [3.8, 4) is 11.5 Å². The Labute approximate surface area is 285 Å². The Bertz CT molecular complexity index is 1720. The number of benzene rings is 4. The van der Waals surface area contributed by atoms with E-state index in [0.29, 0.717) is 45.1 Å². The average molecular weight is 757 g/mol. The van der Waals surface area contributed by atoms with E-state index in [4.69, 9.17) is 44.9 Å². The van der Waals surface area contributed by atoms with Crippen LogP contribution in [0.25, 0.3) is 6.08 Å². The maximum Gasteiger partial charge on any atom is 0.270 e. The van der Waals surface area contributed by atoms with Crippen LogP contribution in [0, 0.1) is 17.4 Å². The molecule has 1 fully saturated rings. The van der Waals surface area contributed by atoms with Crippen LogP contribution in [0.5, 0.6) is 11.5 Å². The second-order valence-electron chi connectivity index (χ2n) is 10.1. The lowest BCUT2D eigenvalue weighted by molar-refractivity contribution is -0.120. The van der Waals surface area contributed by atoms with E-state index in [0.717, 1.165) is 20.3 Å². The Morgan fingerprint density at radius 1 is 0.818 bits per heavy atom. The number of aryl methyl sites for hydroxylation is 2. The molecule has 0 spiro atoms. The van der Waals surface area contributed by atoms with Crippen molar-refractivity contribution in [2.45, 2.75) is 27.4 Å². The van der Waals surface area contributed by atoms with Crippen LogP contribution >= 0.6 is 58.0 Å². The summed E-state index contributed by atoms with van der Waals surface area (Å²) in [5.41, 5.74) is 4.51. The highest BCUT2D eigenvalue weighted by Gasteiger charge is 2.41. The fourth-order valence-electron chi connectivity index (χ4n) is 4.60. The zero-order chi connectivity index (χ0) is 31.5. The van der Waals surface area contributed by atoms with Gasteiger partial charge < -0.3 is 9.47 Å². The highest BCUT2D eigenvalue weighted by atomic mass is 127. The van der Waals surface area contributed by atoms with Gasteiger partial charge in [0.25, 0.3) is 11.8 Å². The van der Waals surface area contributed by atoms with Gasteiger partial charge in [-0.2, -0.15) is 0 Å². The third-order valence-corrected chi connectivity index (χ3v) is 8.62. The van der Waals surface area contributed by atoms with Crippen molar-refractivity contribution in [2.75, 3.05) is 16.4 Å². The molecule has 1 saturated heterocycles. The van der Waals surface area contributed by atoms with E-state index in [1.54, 1.807) is 30.3 Å². The molecule has 1 aliphatic heterocycles. The lowest BCUT2D eigenvalue weighted by Gasteiger charge is -2.36. The number of ether oxygens (including phenoxy) is 2. The minimum Gasteiger partial charge on any atom is -0.490 e. The molecule has 6 nitrogen and oxygen atoms in total. The second-order valence-corrected chi connectivity index (χ2v) is 12.5. The lowest BCUT2D eigenvalue weighted by atomic mass is 10.0. The third-order valence-electron chi connectivity index (χ3n) is 6.86. The van der Waals surface area contributed by atoms with Crippen molar-refractivity contribution in [1.29, 1.82) is 0 Å². The minimum atomic E-state index is -0.516. The van der Waals surface area contributed by atoms with E-state index in [1.165, 1.54) is 9.80 Å². The van der Waals surface area contributed by atoms with Crippen LogP contribution in [0.4, 0.5) is 11.4 Å². The van der Waals surface area contributed by atoms with Crippen molar-refractivity contribution in [3.05, 3.63) is 120 Å². The predicted octanol–water partition coefficient (Wildman–Crippen LogP) is 8.94. The molecule has 44 heavy (non-hydrogen) atoms. The first-order chi connectivity index (χ1) is 21.1. The first-order valence-corrected chi connectivity index (χ1v) is 15.9. The summed E-state index contributed by atoms with van der Waals surface area (Å²) in [7, 11) is 0. The van der Waals surface area contributed by atoms with E-state index in [2.05, 4.69) is 22.6 Å². The van der Waals surface area contributed by atoms with Gasteiger partial charge in [0.15, 0.2) is 16.6 Å². The van der Waals surface area contributed by atoms with E-state index in [-0.39, 0.29) is 17.3 Å². The molecule has 0 aliphatic carbocycles. The van der Waals surface area contributed by atoms with E-state index < -0.39 is 11.8 Å². The summed E-state index contributed by atoms with van der Waals surface area (Å²) in [6, 6.07) is 23.6. The van der Waals surface area contributed by atoms with Crippen molar-refractivity contribution in [3.63, 3.8) is 0 Å². The van der Waals surface area contributed by atoms with Gasteiger partial charge in [-0.15, -0.1) is 0 Å². The second kappa shape index (κ2) is 13.7. The summed E-state index contributed by atoms with van der Waals surface area (Å²) >= 11 is 20.3. The van der Waals surface area contributed by atoms with Crippen LogP contribution in [0.1, 0.15) is 29.2 Å². The summed E-state index contributed by atoms with van der Waals surface area (Å²) in [5, 5.41) is 1.12. The van der Waals surface area contributed by atoms with E-state index in [1.807, 2.05) is 75.4 Å². The van der Waals surface area contributed by atoms with Gasteiger partial charge in [0.2, 0.25) is 0 Å². The molecule has 0 unspecified atom stereocenters. The molecule has 0 bridgehead atoms. The quantitative estimate of drug-likeness (QED) is 0.0778. The van der Waals surface area contributed by atoms with Gasteiger partial charge in [-0.3, -0.25) is 19.4 Å². The van der Waals surface area contributed by atoms with Crippen molar-refractivity contribution < 1.29 is 19.1 Å². The molecule has 0 radical (unpaired) electrons. The van der Waals surface area contributed by atoms with Crippen LogP contribution in [-0.2, 0) is 16.2 Å². The summed E-state index contributed by atoms with van der Waals surface area (Å²) in [6.07, 6.45) is 1.57. The van der Waals surface area contributed by atoms with Crippen molar-refractivity contribution in [2.24, 2.45) is 0 Å². The van der Waals surface area contributed by atoms with Crippen LogP contribution in [-0.4, -0.2) is 23.5 Å². The summed E-state index contributed by atoms with van der Waals surface area (Å²) in [4.78, 5) is 30.8. The maximum absolute atomic E-state index is 14.0. The number of carbonyl (C=O) groups is 2. The Morgan fingerprint density at radius 2 is 1.39 bits per heavy atom. The fraction of sp³-hybridized carbons (Fsp3) is 0.147. The number of amides is 2. The third kappa shape index (κ3) is 6.78. The zero-order valence-electron chi connectivity index (χ0n) is 24.1. The van der Waals surface area contributed by atoms with Gasteiger partial charge in [0.1, 0.15) is 12.2 Å². The summed E-state index contributed by atoms with van der Waals surface area (Å²) in [5.74, 6) is -0.0465. The molecular weight excluding hydrogens is 730 g/mol. The van der Waals surface area contributed by atoms with Crippen LogP contribution in [0.15, 0.2) is 84.4 Å². The number of halogens is 3. The SMILES string of the molecule is CCOc1cc(C=C2C(=O)N(c3ccc(C)cc3)C(=S)N(c3ccc(C)cc3)C2=O)cc(I)c1OCc1ccc(Cl)cc1Cl. The zero-order valence-corrected chi connectivity index (χ0v) is 28.6. The average Bonchev–Trinajstić information content (AvgIpc) is 2.98. The standard InChI is InChI=1S/C34H27Cl2IN2O4S/c1-4-42-30-17-22(16-29(37)31(30)43-19-23-9-10-24(35)18-28(23)36)15-27-32(40)38(25-11-5-20(2)6-12-25)34(44)39(33(27)41)26-13-7-21(3)8-14-26/h5-18H,4,19H2,1-3H3. The van der Waals surface area contributed by atoms with Gasteiger partial charge in [0.05, 0.1) is 21.6 Å². The normalized spacial score (nSPS) is 13.4. The van der Waals surface area contributed by atoms with E-state index >= 15 is 0 Å². The Balaban J connectivity index is 1.56. The minimum absolute atomic E-state index is 0.0420. The summed E-state index contributed by atoms with van der Waals surface area (Å²) in [6.45, 7) is 6.36. The van der Waals surface area contributed by atoms with Crippen LogP contribution in [0.3, 0.4) is 0 Å². The molecule has 0 N–H and O–H groups in total. The first kappa shape index (κ1) is 32.0. The van der Waals surface area contributed by atoms with Gasteiger partial charge in [-0.1, -0.05) is 64.7 Å². The first-order valence-electron chi connectivity index (χ1n) is 13.7. The number of carbonyl (C=O) groups excluding carboxylic acids is 2. The number of hydrogen-bond acceptors (Lipinski definition) is 5. The number of anilines is 2. The van der Waals surface area contributed by atoms with Crippen LogP contribution < -0.4 is 19.3 Å². The number of hydrogen-bond donors (Lipinski definition) is 0. The molecule has 224 valence electrons. The molecule has 2 amide bonds. The Morgan fingerprint density at radius 3 is 1.91 bits per heavy atom. The smallest absolute Gasteiger partial charge is 0.270 e. The highest BCUT2D eigenvalue weighted by molar-refractivity contribution is 14.1. The van der Waals surface area contributed by atoms with Gasteiger partial charge in [0, 0.05) is 15.6 Å². The van der Waals surface area contributed by atoms with Crippen molar-refractivity contribution >= 4 is 92.4 Å². The molecular formula is C34H27Cl2IN2O4S. The largest absolute Gasteiger partial charge is 0.490 e. The molecule has 4 aromatic rings. The number of rotatable bonds is 8. The number of thiocarbonyl (C=S) groups is 1. The predicted molar refractivity (Wildman–Crippen MR) is 189 cm³/mol. The topological polar surface area (TPSA) is 59.1 Å². The highest BCUT2D eigenvalue weighted by Crippen LogP contribution is 2.37. The molecule has 4 aromatic carbocycles. The van der Waals surface area contributed by atoms with E-state index in [9.17, 15) is 9.59 Å². The van der Waals surface area contributed by atoms with Crippen LogP contribution in [0.2, 0.25) is 10.0 Å². The lowest BCUT2D eigenvalue weighted by Crippen LogP contribution is -2.56. The monoisotopic (exact) mass is 756 g/mol. The molecule has 5 rings (SSSR count). The van der Waals surface area contributed by atoms with Gasteiger partial charge in [-0.05, 0) is 116 Å². The summed E-state index contributed by atoms with van der Waals surface area (Å²) < 4.78 is 12.8. The molecule has 1 heterocycles. The Kier molecular flexibility index (Phi) is 9.94. The molecule has 0 atom stereocenters. The van der Waals surface area contributed by atoms with Gasteiger partial charge in [-0.25, -0.2) is 0 Å². The molecule has 0 aromatic heterocycles.